The fourth-order valence-electron chi connectivity index (χ4n) is 2.54. The van der Waals surface area contributed by atoms with Crippen molar-refractivity contribution in [2.75, 3.05) is 11.9 Å². The summed E-state index contributed by atoms with van der Waals surface area (Å²) in [5.74, 6) is -1.21. The zero-order valence-corrected chi connectivity index (χ0v) is 14.7. The average molecular weight is 361 g/mol. The number of esters is 1. The average Bonchev–Trinajstić information content (AvgIpc) is 3.07. The first-order valence-corrected chi connectivity index (χ1v) is 8.43. The summed E-state index contributed by atoms with van der Waals surface area (Å²) in [5.41, 5.74) is 1.61. The molecule has 0 radical (unpaired) electrons. The number of anilines is 1. The molecule has 0 unspecified atom stereocenters. The third-order valence-electron chi connectivity index (χ3n) is 3.72. The van der Waals surface area contributed by atoms with E-state index in [1.165, 1.54) is 12.1 Å². The lowest BCUT2D eigenvalue weighted by Crippen LogP contribution is -2.15. The van der Waals surface area contributed by atoms with Crippen LogP contribution in [-0.4, -0.2) is 28.0 Å². The van der Waals surface area contributed by atoms with E-state index in [0.717, 1.165) is 16.9 Å². The normalized spacial score (nSPS) is 10.9. The van der Waals surface area contributed by atoms with Gasteiger partial charge >= 0.3 is 5.97 Å². The predicted molar refractivity (Wildman–Crippen MR) is 93.6 cm³/mol. The first-order valence-electron chi connectivity index (χ1n) is 7.61. The fraction of sp³-hybridized carbons (Fsp3) is 0.235. The highest BCUT2D eigenvalue weighted by atomic mass is 32.1. The molecule has 3 rings (SSSR count). The van der Waals surface area contributed by atoms with Gasteiger partial charge in [0.25, 0.3) is 5.91 Å². The van der Waals surface area contributed by atoms with E-state index in [0.29, 0.717) is 26.8 Å². The maximum atomic E-state index is 13.3. The third kappa shape index (κ3) is 3.25. The molecular formula is C17H16FN3O3S. The number of nitrogens with one attached hydrogen (secondary N) is 1. The molecule has 130 valence electrons. The van der Waals surface area contributed by atoms with Gasteiger partial charge in [0, 0.05) is 18.0 Å². The van der Waals surface area contributed by atoms with Crippen molar-refractivity contribution >= 4 is 39.2 Å². The number of fused-ring (bicyclic) bond motifs is 1. The molecule has 0 aliphatic carbocycles. The molecule has 1 aromatic carbocycles. The van der Waals surface area contributed by atoms with Gasteiger partial charge in [-0.1, -0.05) is 11.3 Å². The molecule has 2 heterocycles. The van der Waals surface area contributed by atoms with Gasteiger partial charge in [0.1, 0.15) is 16.4 Å². The zero-order chi connectivity index (χ0) is 18.1. The van der Waals surface area contributed by atoms with Crippen LogP contribution in [0.4, 0.5) is 9.52 Å². The molecule has 1 amide bonds. The Morgan fingerprint density at radius 2 is 2.12 bits per heavy atom. The van der Waals surface area contributed by atoms with Gasteiger partial charge in [-0.05, 0) is 38.1 Å². The van der Waals surface area contributed by atoms with E-state index < -0.39 is 5.97 Å². The zero-order valence-electron chi connectivity index (χ0n) is 13.9. The lowest BCUT2D eigenvalue weighted by Gasteiger charge is -2.03. The first-order chi connectivity index (χ1) is 11.9. The van der Waals surface area contributed by atoms with Crippen molar-refractivity contribution in [2.24, 2.45) is 7.05 Å². The van der Waals surface area contributed by atoms with Gasteiger partial charge in [0.15, 0.2) is 5.13 Å². The Morgan fingerprint density at radius 1 is 1.36 bits per heavy atom. The van der Waals surface area contributed by atoms with Gasteiger partial charge in [-0.25, -0.2) is 14.2 Å². The second-order valence-corrected chi connectivity index (χ2v) is 6.40. The van der Waals surface area contributed by atoms with Crippen LogP contribution >= 0.6 is 11.3 Å². The number of ether oxygens (including phenoxy) is 1. The van der Waals surface area contributed by atoms with E-state index in [1.807, 2.05) is 0 Å². The van der Waals surface area contributed by atoms with E-state index in [1.54, 1.807) is 37.6 Å². The van der Waals surface area contributed by atoms with Crippen LogP contribution in [0, 0.1) is 12.7 Å². The van der Waals surface area contributed by atoms with Crippen molar-refractivity contribution in [2.45, 2.75) is 13.8 Å². The molecule has 0 aliphatic rings. The van der Waals surface area contributed by atoms with Crippen molar-refractivity contribution in [3.05, 3.63) is 46.3 Å². The molecule has 0 aliphatic heterocycles. The number of amides is 1. The minimum Gasteiger partial charge on any atom is -0.462 e. The summed E-state index contributed by atoms with van der Waals surface area (Å²) in [6.45, 7) is 3.67. The van der Waals surface area contributed by atoms with E-state index in [-0.39, 0.29) is 18.3 Å². The summed E-state index contributed by atoms with van der Waals surface area (Å²) in [7, 11) is 1.73. The van der Waals surface area contributed by atoms with Gasteiger partial charge in [-0.3, -0.25) is 10.1 Å². The Hall–Kier alpha value is -2.74. The third-order valence-corrected chi connectivity index (χ3v) is 4.77. The molecule has 0 atom stereocenters. The molecule has 0 spiro atoms. The van der Waals surface area contributed by atoms with E-state index >= 15 is 0 Å². The molecule has 0 fully saturated rings. The van der Waals surface area contributed by atoms with Crippen LogP contribution in [0.2, 0.25) is 0 Å². The molecule has 0 saturated carbocycles. The minimum atomic E-state index is -0.460. The number of nitrogens with zero attached hydrogens (tertiary/aromatic N) is 2. The van der Waals surface area contributed by atoms with Crippen LogP contribution in [0.3, 0.4) is 0 Å². The van der Waals surface area contributed by atoms with E-state index in [2.05, 4.69) is 10.3 Å². The SMILES string of the molecule is CCOC(=O)c1sc(NC(=O)c2cc3cc(F)ccc3n2C)nc1C. The summed E-state index contributed by atoms with van der Waals surface area (Å²) >= 11 is 1.06. The summed E-state index contributed by atoms with van der Waals surface area (Å²) in [6.07, 6.45) is 0. The monoisotopic (exact) mass is 361 g/mol. The van der Waals surface area contributed by atoms with Crippen molar-refractivity contribution in [1.29, 1.82) is 0 Å². The van der Waals surface area contributed by atoms with Crippen molar-refractivity contribution < 1.29 is 18.7 Å². The number of benzene rings is 1. The maximum absolute atomic E-state index is 13.3. The van der Waals surface area contributed by atoms with Crippen LogP contribution in [-0.2, 0) is 11.8 Å². The Bertz CT molecular complexity index is 977. The smallest absolute Gasteiger partial charge is 0.350 e. The first kappa shape index (κ1) is 17.1. The number of aromatic nitrogens is 2. The predicted octanol–water partition coefficient (Wildman–Crippen LogP) is 3.51. The highest BCUT2D eigenvalue weighted by Gasteiger charge is 2.19. The second kappa shape index (κ2) is 6.64. The Labute approximate surface area is 147 Å². The maximum Gasteiger partial charge on any atom is 0.350 e. The molecule has 0 saturated heterocycles. The van der Waals surface area contributed by atoms with Gasteiger partial charge in [0.05, 0.1) is 12.3 Å². The van der Waals surface area contributed by atoms with Crippen molar-refractivity contribution in [1.82, 2.24) is 9.55 Å². The van der Waals surface area contributed by atoms with Gasteiger partial charge in [-0.2, -0.15) is 0 Å². The molecule has 6 nitrogen and oxygen atoms in total. The molecule has 25 heavy (non-hydrogen) atoms. The van der Waals surface area contributed by atoms with Crippen LogP contribution < -0.4 is 5.32 Å². The van der Waals surface area contributed by atoms with E-state index in [9.17, 15) is 14.0 Å². The van der Waals surface area contributed by atoms with Crippen LogP contribution in [0.5, 0.6) is 0 Å². The molecule has 2 aromatic heterocycles. The largest absolute Gasteiger partial charge is 0.462 e. The summed E-state index contributed by atoms with van der Waals surface area (Å²) in [5, 5.41) is 3.62. The van der Waals surface area contributed by atoms with E-state index in [4.69, 9.17) is 4.74 Å². The molecule has 8 heteroatoms. The quantitative estimate of drug-likeness (QED) is 0.722. The molecular weight excluding hydrogens is 345 g/mol. The molecule has 3 aromatic rings. The summed E-state index contributed by atoms with van der Waals surface area (Å²) in [6, 6.07) is 5.95. The number of carbonyl (C=O) groups is 2. The number of hydrogen-bond acceptors (Lipinski definition) is 5. The standard InChI is InChI=1S/C17H16FN3O3S/c1-4-24-16(23)14-9(2)19-17(25-14)20-15(22)13-8-10-7-11(18)5-6-12(10)21(13)3/h5-8H,4H2,1-3H3,(H,19,20,22). The Morgan fingerprint density at radius 3 is 2.84 bits per heavy atom. The summed E-state index contributed by atoms with van der Waals surface area (Å²) < 4.78 is 20.0. The number of rotatable bonds is 4. The van der Waals surface area contributed by atoms with Crippen molar-refractivity contribution in [3.8, 4) is 0 Å². The topological polar surface area (TPSA) is 73.2 Å². The number of thiazole rings is 1. The lowest BCUT2D eigenvalue weighted by molar-refractivity contribution is 0.0531. The number of halogens is 1. The van der Waals surface area contributed by atoms with Crippen molar-refractivity contribution in [3.63, 3.8) is 0 Å². The minimum absolute atomic E-state index is 0.268. The van der Waals surface area contributed by atoms with Gasteiger partial charge < -0.3 is 9.30 Å². The van der Waals surface area contributed by atoms with Crippen LogP contribution in [0.1, 0.15) is 32.8 Å². The Kier molecular flexibility index (Phi) is 4.54. The number of carbonyl (C=O) groups excluding carboxylic acids is 2. The lowest BCUT2D eigenvalue weighted by atomic mass is 10.2. The fourth-order valence-corrected chi connectivity index (χ4v) is 3.39. The molecule has 0 bridgehead atoms. The van der Waals surface area contributed by atoms with Crippen LogP contribution in [0.25, 0.3) is 10.9 Å². The second-order valence-electron chi connectivity index (χ2n) is 5.40. The molecule has 1 N–H and O–H groups in total. The highest BCUT2D eigenvalue weighted by Crippen LogP contribution is 2.25. The number of aryl methyl sites for hydroxylation is 2. The summed E-state index contributed by atoms with van der Waals surface area (Å²) in [4.78, 5) is 28.9. The van der Waals surface area contributed by atoms with Gasteiger partial charge in [-0.15, -0.1) is 0 Å². The number of hydrogen-bond donors (Lipinski definition) is 1. The highest BCUT2D eigenvalue weighted by molar-refractivity contribution is 7.17. The Balaban J connectivity index is 1.87. The van der Waals surface area contributed by atoms with Gasteiger partial charge in [0.2, 0.25) is 0 Å². The van der Waals surface area contributed by atoms with Crippen LogP contribution in [0.15, 0.2) is 24.3 Å².